The van der Waals surface area contributed by atoms with Crippen molar-refractivity contribution in [2.45, 2.75) is 13.3 Å². The summed E-state index contributed by atoms with van der Waals surface area (Å²) in [6, 6.07) is 14.2. The molecule has 2 aromatic carbocycles. The van der Waals surface area contributed by atoms with Gasteiger partial charge in [-0.2, -0.15) is 4.31 Å². The molecule has 0 amide bonds. The van der Waals surface area contributed by atoms with Crippen LogP contribution in [0.2, 0.25) is 0 Å². The lowest BCUT2D eigenvalue weighted by atomic mass is 9.93. The maximum atomic E-state index is 12.3. The number of benzene rings is 2. The third-order valence-corrected chi connectivity index (χ3v) is 6.79. The molecule has 0 aliphatic carbocycles. The summed E-state index contributed by atoms with van der Waals surface area (Å²) in [5.41, 5.74) is 5.55. The molecule has 6 nitrogen and oxygen atoms in total. The van der Waals surface area contributed by atoms with E-state index in [0.29, 0.717) is 13.0 Å². The van der Waals surface area contributed by atoms with Crippen molar-refractivity contribution in [3.8, 4) is 16.9 Å². The van der Waals surface area contributed by atoms with Gasteiger partial charge in [-0.3, -0.25) is 4.79 Å². The fraction of sp³-hybridized carbons (Fsp3) is 0.318. The van der Waals surface area contributed by atoms with Gasteiger partial charge in [0.25, 0.3) is 0 Å². The molecule has 3 rings (SSSR count). The van der Waals surface area contributed by atoms with Crippen LogP contribution in [0, 0.1) is 6.92 Å². The lowest BCUT2D eigenvalue weighted by Gasteiger charge is -2.25. The molecule has 0 fully saturated rings. The van der Waals surface area contributed by atoms with Crippen LogP contribution >= 0.6 is 0 Å². The topological polar surface area (TPSA) is 72.9 Å². The minimum absolute atomic E-state index is 0.255. The summed E-state index contributed by atoms with van der Waals surface area (Å²) in [5, 5.41) is 0. The van der Waals surface area contributed by atoms with E-state index in [1.54, 1.807) is 7.11 Å². The van der Waals surface area contributed by atoms with E-state index in [1.165, 1.54) is 11.4 Å². The molecular weight excluding hydrogens is 390 g/mol. The van der Waals surface area contributed by atoms with E-state index < -0.39 is 21.7 Å². The molecule has 0 atom stereocenters. The SMILES string of the molecule is COC(=O)CS(=O)(=O)N1CC=C(c2ccc(-c3cccc(OC)c3)c(C)c2)CC1. The van der Waals surface area contributed by atoms with Gasteiger partial charge in [-0.05, 0) is 53.3 Å². The molecule has 0 N–H and O–H groups in total. The second kappa shape index (κ2) is 8.80. The number of methoxy groups -OCH3 is 2. The summed E-state index contributed by atoms with van der Waals surface area (Å²) in [4.78, 5) is 11.3. The zero-order chi connectivity index (χ0) is 21.0. The van der Waals surface area contributed by atoms with E-state index in [-0.39, 0.29) is 6.54 Å². The van der Waals surface area contributed by atoms with Crippen molar-refractivity contribution in [2.75, 3.05) is 33.1 Å². The molecule has 0 spiro atoms. The lowest BCUT2D eigenvalue weighted by Crippen LogP contribution is -2.38. The van der Waals surface area contributed by atoms with E-state index in [4.69, 9.17) is 4.74 Å². The Hall–Kier alpha value is -2.64. The molecule has 1 aliphatic heterocycles. The highest BCUT2D eigenvalue weighted by Crippen LogP contribution is 2.31. The molecule has 2 aromatic rings. The van der Waals surface area contributed by atoms with E-state index in [1.807, 2.05) is 24.3 Å². The van der Waals surface area contributed by atoms with Crippen molar-refractivity contribution in [3.63, 3.8) is 0 Å². The van der Waals surface area contributed by atoms with Crippen molar-refractivity contribution in [2.24, 2.45) is 0 Å². The van der Waals surface area contributed by atoms with Gasteiger partial charge in [0, 0.05) is 13.1 Å². The van der Waals surface area contributed by atoms with Gasteiger partial charge in [0.1, 0.15) is 5.75 Å². The van der Waals surface area contributed by atoms with Gasteiger partial charge in [0.05, 0.1) is 14.2 Å². The molecule has 29 heavy (non-hydrogen) atoms. The van der Waals surface area contributed by atoms with Crippen LogP contribution < -0.4 is 4.74 Å². The molecule has 0 aromatic heterocycles. The van der Waals surface area contributed by atoms with Gasteiger partial charge in [-0.1, -0.05) is 36.4 Å². The van der Waals surface area contributed by atoms with Gasteiger partial charge in [0.15, 0.2) is 5.75 Å². The van der Waals surface area contributed by atoms with Crippen LogP contribution in [0.5, 0.6) is 5.75 Å². The normalized spacial score (nSPS) is 14.9. The van der Waals surface area contributed by atoms with Gasteiger partial charge in [-0.25, -0.2) is 8.42 Å². The molecule has 0 saturated heterocycles. The van der Waals surface area contributed by atoms with E-state index >= 15 is 0 Å². The van der Waals surface area contributed by atoms with Gasteiger partial charge in [0.2, 0.25) is 10.0 Å². The van der Waals surface area contributed by atoms with Gasteiger partial charge in [-0.15, -0.1) is 0 Å². The fourth-order valence-corrected chi connectivity index (χ4v) is 4.71. The second-order valence-electron chi connectivity index (χ2n) is 6.93. The van der Waals surface area contributed by atoms with Crippen molar-refractivity contribution < 1.29 is 22.7 Å². The first-order valence-electron chi connectivity index (χ1n) is 9.33. The summed E-state index contributed by atoms with van der Waals surface area (Å²) < 4.78 is 35.7. The number of carbonyl (C=O) groups is 1. The zero-order valence-corrected chi connectivity index (χ0v) is 17.7. The van der Waals surface area contributed by atoms with E-state index in [2.05, 4.69) is 35.9 Å². The summed E-state index contributed by atoms with van der Waals surface area (Å²) in [5.74, 6) is -0.557. The maximum absolute atomic E-state index is 12.3. The number of nitrogens with zero attached hydrogens (tertiary/aromatic N) is 1. The zero-order valence-electron chi connectivity index (χ0n) is 16.8. The Morgan fingerprint density at radius 2 is 1.90 bits per heavy atom. The molecule has 1 aliphatic rings. The molecular formula is C22H25NO5S. The molecule has 0 unspecified atom stereocenters. The molecule has 1 heterocycles. The highest BCUT2D eigenvalue weighted by atomic mass is 32.2. The number of carbonyl (C=O) groups excluding carboxylic acids is 1. The Morgan fingerprint density at radius 3 is 2.52 bits per heavy atom. The number of rotatable bonds is 6. The molecule has 7 heteroatoms. The predicted molar refractivity (Wildman–Crippen MR) is 113 cm³/mol. The van der Waals surface area contributed by atoms with Gasteiger partial charge < -0.3 is 9.47 Å². The number of hydrogen-bond acceptors (Lipinski definition) is 5. The third-order valence-electron chi connectivity index (χ3n) is 5.07. The van der Waals surface area contributed by atoms with Crippen LogP contribution in [0.15, 0.2) is 48.5 Å². The van der Waals surface area contributed by atoms with Crippen LogP contribution in [-0.2, 0) is 19.6 Å². The van der Waals surface area contributed by atoms with Crippen molar-refractivity contribution in [1.82, 2.24) is 4.31 Å². The number of hydrogen-bond donors (Lipinski definition) is 0. The van der Waals surface area contributed by atoms with Crippen LogP contribution in [0.1, 0.15) is 17.5 Å². The molecule has 0 bridgehead atoms. The average Bonchev–Trinajstić information content (AvgIpc) is 2.73. The largest absolute Gasteiger partial charge is 0.497 e. The average molecular weight is 416 g/mol. The number of sulfonamides is 1. The number of ether oxygens (including phenoxy) is 2. The highest BCUT2D eigenvalue weighted by Gasteiger charge is 2.27. The quantitative estimate of drug-likeness (QED) is 0.677. The summed E-state index contributed by atoms with van der Waals surface area (Å²) in [7, 11) is -0.819. The number of esters is 1. The van der Waals surface area contributed by atoms with E-state index in [9.17, 15) is 13.2 Å². The van der Waals surface area contributed by atoms with Crippen molar-refractivity contribution in [1.29, 1.82) is 0 Å². The molecule has 0 saturated carbocycles. The monoisotopic (exact) mass is 415 g/mol. The Morgan fingerprint density at radius 1 is 1.10 bits per heavy atom. The predicted octanol–water partition coefficient (Wildman–Crippen LogP) is 3.26. The van der Waals surface area contributed by atoms with E-state index in [0.717, 1.165) is 33.6 Å². The van der Waals surface area contributed by atoms with Crippen LogP contribution in [-0.4, -0.2) is 51.8 Å². The summed E-state index contributed by atoms with van der Waals surface area (Å²) in [6.45, 7) is 2.67. The second-order valence-corrected chi connectivity index (χ2v) is 8.90. The maximum Gasteiger partial charge on any atom is 0.322 e. The molecule has 154 valence electrons. The Balaban J connectivity index is 1.78. The molecule has 0 radical (unpaired) electrons. The van der Waals surface area contributed by atoms with Crippen LogP contribution in [0.4, 0.5) is 0 Å². The first-order valence-corrected chi connectivity index (χ1v) is 10.9. The standard InChI is InChI=1S/C22H25NO5S/c1-16-13-18(7-8-21(16)19-5-4-6-20(14-19)27-2)17-9-11-23(12-10-17)29(25,26)15-22(24)28-3/h4-9,13-14H,10-12,15H2,1-3H3. The summed E-state index contributed by atoms with van der Waals surface area (Å²) in [6.07, 6.45) is 2.51. The Kier molecular flexibility index (Phi) is 6.39. The van der Waals surface area contributed by atoms with Crippen LogP contribution in [0.25, 0.3) is 16.7 Å². The minimum atomic E-state index is -3.66. The fourth-order valence-electron chi connectivity index (χ4n) is 3.44. The smallest absolute Gasteiger partial charge is 0.322 e. The highest BCUT2D eigenvalue weighted by molar-refractivity contribution is 7.89. The first kappa shape index (κ1) is 21.1. The Bertz CT molecular complexity index is 1040. The van der Waals surface area contributed by atoms with Crippen molar-refractivity contribution >= 4 is 21.6 Å². The van der Waals surface area contributed by atoms with Crippen molar-refractivity contribution in [3.05, 3.63) is 59.7 Å². The lowest BCUT2D eigenvalue weighted by molar-refractivity contribution is -0.137. The third kappa shape index (κ3) is 4.86. The van der Waals surface area contributed by atoms with Gasteiger partial charge >= 0.3 is 5.97 Å². The number of aryl methyl sites for hydroxylation is 1. The Labute approximate surface area is 171 Å². The van der Waals surface area contributed by atoms with Crippen LogP contribution in [0.3, 0.4) is 0 Å². The minimum Gasteiger partial charge on any atom is -0.497 e. The first-order chi connectivity index (χ1) is 13.8. The summed E-state index contributed by atoms with van der Waals surface area (Å²) >= 11 is 0.